The molecular weight excluding hydrogens is 206 g/mol. The molecule has 0 aromatic rings. The number of allylic oxidation sites excluding steroid dienone is 3. The van der Waals surface area contributed by atoms with Gasteiger partial charge in [0.2, 0.25) is 0 Å². The third kappa shape index (κ3) is 4.85. The smallest absolute Gasteiger partial charge is 0.0366 e. The van der Waals surface area contributed by atoms with Gasteiger partial charge < -0.3 is 4.90 Å². The fraction of sp³-hybridized carbons (Fsp3) is 0.692. The van der Waals surface area contributed by atoms with Crippen molar-refractivity contribution in [3.63, 3.8) is 0 Å². The van der Waals surface area contributed by atoms with Crippen molar-refractivity contribution >= 4 is 11.6 Å². The van der Waals surface area contributed by atoms with Gasteiger partial charge in [0.15, 0.2) is 0 Å². The van der Waals surface area contributed by atoms with Crippen molar-refractivity contribution in [1.29, 1.82) is 0 Å². The standard InChI is InChI=1S/C11H18ClN.C2H6/c1-4-11(13(2)3)9-6-5-7-10(12)8-9;1-2/h7-8,11H,4-6H2,1-3H3;1-2H3. The third-order valence-electron chi connectivity index (χ3n) is 2.53. The summed E-state index contributed by atoms with van der Waals surface area (Å²) in [4.78, 5) is 2.27. The monoisotopic (exact) mass is 229 g/mol. The molecule has 1 atom stereocenters. The first-order chi connectivity index (χ1) is 7.15. The number of nitrogens with zero attached hydrogens (tertiary/aromatic N) is 1. The van der Waals surface area contributed by atoms with E-state index in [2.05, 4.69) is 38.1 Å². The Morgan fingerprint density at radius 2 is 2.00 bits per heavy atom. The van der Waals surface area contributed by atoms with Crippen LogP contribution in [0.5, 0.6) is 0 Å². The average Bonchev–Trinajstić information content (AvgIpc) is 2.21. The van der Waals surface area contributed by atoms with Crippen molar-refractivity contribution in [2.45, 2.75) is 46.1 Å². The van der Waals surface area contributed by atoms with Crippen LogP contribution in [0, 0.1) is 0 Å². The molecule has 88 valence electrons. The maximum Gasteiger partial charge on any atom is 0.0366 e. The van der Waals surface area contributed by atoms with Gasteiger partial charge in [0.25, 0.3) is 0 Å². The molecule has 0 bridgehead atoms. The third-order valence-corrected chi connectivity index (χ3v) is 2.80. The van der Waals surface area contributed by atoms with E-state index in [-0.39, 0.29) is 0 Å². The minimum Gasteiger partial charge on any atom is -0.303 e. The summed E-state index contributed by atoms with van der Waals surface area (Å²) >= 11 is 5.98. The Hall–Kier alpha value is -0.270. The van der Waals surface area contributed by atoms with Crippen LogP contribution >= 0.6 is 11.6 Å². The molecule has 0 fully saturated rings. The lowest BCUT2D eigenvalue weighted by atomic mass is 9.95. The minimum atomic E-state index is 0.558. The summed E-state index contributed by atoms with van der Waals surface area (Å²) < 4.78 is 0. The highest BCUT2D eigenvalue weighted by Gasteiger charge is 2.16. The zero-order valence-corrected chi connectivity index (χ0v) is 11.4. The molecule has 0 saturated carbocycles. The Morgan fingerprint density at radius 1 is 1.40 bits per heavy atom. The van der Waals surface area contributed by atoms with Gasteiger partial charge in [-0.1, -0.05) is 44.0 Å². The van der Waals surface area contributed by atoms with Crippen LogP contribution in [0.2, 0.25) is 0 Å². The van der Waals surface area contributed by atoms with E-state index < -0.39 is 0 Å². The number of rotatable bonds is 3. The quantitative estimate of drug-likeness (QED) is 0.701. The molecule has 0 N–H and O–H groups in total. The van der Waals surface area contributed by atoms with E-state index in [0.29, 0.717) is 6.04 Å². The molecule has 15 heavy (non-hydrogen) atoms. The molecule has 1 nitrogen and oxygen atoms in total. The van der Waals surface area contributed by atoms with Gasteiger partial charge in [-0.2, -0.15) is 0 Å². The van der Waals surface area contributed by atoms with Crippen LogP contribution in [0.3, 0.4) is 0 Å². The molecule has 1 unspecified atom stereocenters. The molecule has 0 radical (unpaired) electrons. The highest BCUT2D eigenvalue weighted by molar-refractivity contribution is 6.31. The maximum absolute atomic E-state index is 5.98. The number of halogens is 1. The second kappa shape index (κ2) is 7.95. The molecule has 0 amide bonds. The van der Waals surface area contributed by atoms with Gasteiger partial charge in [-0.3, -0.25) is 0 Å². The van der Waals surface area contributed by atoms with Crippen LogP contribution in [-0.4, -0.2) is 25.0 Å². The van der Waals surface area contributed by atoms with Crippen molar-refractivity contribution in [2.75, 3.05) is 14.1 Å². The predicted molar refractivity (Wildman–Crippen MR) is 70.4 cm³/mol. The van der Waals surface area contributed by atoms with E-state index in [9.17, 15) is 0 Å². The van der Waals surface area contributed by atoms with Crippen molar-refractivity contribution < 1.29 is 0 Å². The molecule has 2 heteroatoms. The van der Waals surface area contributed by atoms with Gasteiger partial charge in [0, 0.05) is 11.1 Å². The zero-order valence-electron chi connectivity index (χ0n) is 10.7. The Balaban J connectivity index is 0.000000921. The number of hydrogen-bond acceptors (Lipinski definition) is 1. The Bertz CT molecular complexity index is 229. The highest BCUT2D eigenvalue weighted by atomic mass is 35.5. The van der Waals surface area contributed by atoms with Crippen LogP contribution in [-0.2, 0) is 0 Å². The lowest BCUT2D eigenvalue weighted by Crippen LogP contribution is -2.29. The first-order valence-electron chi connectivity index (χ1n) is 5.87. The molecule has 0 spiro atoms. The normalized spacial score (nSPS) is 17.5. The average molecular weight is 230 g/mol. The van der Waals surface area contributed by atoms with E-state index in [1.807, 2.05) is 13.8 Å². The molecule has 0 aromatic heterocycles. The molecule has 0 saturated heterocycles. The molecule has 0 heterocycles. The molecular formula is C13H24ClN. The largest absolute Gasteiger partial charge is 0.303 e. The van der Waals surface area contributed by atoms with Crippen LogP contribution in [0.1, 0.15) is 40.0 Å². The first kappa shape index (κ1) is 14.7. The second-order valence-corrected chi connectivity index (χ2v) is 4.17. The van der Waals surface area contributed by atoms with E-state index in [1.165, 1.54) is 5.57 Å². The summed E-state index contributed by atoms with van der Waals surface area (Å²) in [5.74, 6) is 0. The predicted octanol–water partition coefficient (Wildman–Crippen LogP) is 4.20. The van der Waals surface area contributed by atoms with Crippen LogP contribution in [0.15, 0.2) is 22.8 Å². The molecule has 0 aliphatic heterocycles. The number of likely N-dealkylation sites (N-methyl/N-ethyl adjacent to an activating group) is 1. The minimum absolute atomic E-state index is 0.558. The highest BCUT2D eigenvalue weighted by Crippen LogP contribution is 2.25. The summed E-state index contributed by atoms with van der Waals surface area (Å²) in [6.45, 7) is 6.22. The van der Waals surface area contributed by atoms with E-state index in [0.717, 1.165) is 24.3 Å². The van der Waals surface area contributed by atoms with Crippen LogP contribution in [0.25, 0.3) is 0 Å². The Kier molecular flexibility index (Phi) is 7.81. The summed E-state index contributed by atoms with van der Waals surface area (Å²) in [5, 5.41) is 0.904. The molecule has 1 aliphatic carbocycles. The zero-order chi connectivity index (χ0) is 11.8. The SMILES string of the molecule is CC.CCC(C1=CC(Cl)=CCC1)N(C)C. The maximum atomic E-state index is 5.98. The lowest BCUT2D eigenvalue weighted by molar-refractivity contribution is 0.316. The molecule has 1 aliphatic rings. The van der Waals surface area contributed by atoms with E-state index in [4.69, 9.17) is 11.6 Å². The summed E-state index contributed by atoms with van der Waals surface area (Å²) in [6, 6.07) is 0.558. The van der Waals surface area contributed by atoms with Crippen LogP contribution in [0.4, 0.5) is 0 Å². The summed E-state index contributed by atoms with van der Waals surface area (Å²) in [6.07, 6.45) is 7.62. The van der Waals surface area contributed by atoms with Gasteiger partial charge in [-0.25, -0.2) is 0 Å². The van der Waals surface area contributed by atoms with E-state index in [1.54, 1.807) is 0 Å². The molecule has 1 rings (SSSR count). The fourth-order valence-electron chi connectivity index (χ4n) is 1.91. The van der Waals surface area contributed by atoms with Crippen LogP contribution < -0.4 is 0 Å². The van der Waals surface area contributed by atoms with Gasteiger partial charge in [0.1, 0.15) is 0 Å². The van der Waals surface area contributed by atoms with Crippen molar-refractivity contribution in [1.82, 2.24) is 4.90 Å². The lowest BCUT2D eigenvalue weighted by Gasteiger charge is -2.27. The van der Waals surface area contributed by atoms with E-state index >= 15 is 0 Å². The van der Waals surface area contributed by atoms with Crippen molar-refractivity contribution in [3.8, 4) is 0 Å². The van der Waals surface area contributed by atoms with Gasteiger partial charge in [-0.15, -0.1) is 0 Å². The van der Waals surface area contributed by atoms with Crippen molar-refractivity contribution in [3.05, 3.63) is 22.8 Å². The topological polar surface area (TPSA) is 3.24 Å². The van der Waals surface area contributed by atoms with Crippen molar-refractivity contribution in [2.24, 2.45) is 0 Å². The summed E-state index contributed by atoms with van der Waals surface area (Å²) in [5.41, 5.74) is 1.47. The summed E-state index contributed by atoms with van der Waals surface area (Å²) in [7, 11) is 4.25. The first-order valence-corrected chi connectivity index (χ1v) is 6.25. The molecule has 0 aromatic carbocycles. The Labute approximate surface area is 99.8 Å². The fourth-order valence-corrected chi connectivity index (χ4v) is 2.16. The van der Waals surface area contributed by atoms with Gasteiger partial charge in [-0.05, 0) is 39.4 Å². The van der Waals surface area contributed by atoms with Gasteiger partial charge in [0.05, 0.1) is 0 Å². The second-order valence-electron chi connectivity index (χ2n) is 3.73. The Morgan fingerprint density at radius 3 is 2.40 bits per heavy atom. The van der Waals surface area contributed by atoms with Gasteiger partial charge >= 0.3 is 0 Å². The number of hydrogen-bond donors (Lipinski definition) is 0.